The number of aryl methyl sites for hydroxylation is 1. The van der Waals surface area contributed by atoms with E-state index in [4.69, 9.17) is 0 Å². The Bertz CT molecular complexity index is 1130. The molecule has 3 aromatic rings. The fourth-order valence-corrected chi connectivity index (χ4v) is 5.16. The van der Waals surface area contributed by atoms with Crippen LogP contribution in [0.4, 0.5) is 11.4 Å². The third kappa shape index (κ3) is 6.63. The number of nitrogens with zero attached hydrogens (tertiary/aromatic N) is 1. The largest absolute Gasteiger partial charge is 0.336 e. The van der Waals surface area contributed by atoms with Crippen molar-refractivity contribution in [1.82, 2.24) is 0 Å². The molecular formula is C36H47N. The third-order valence-electron chi connectivity index (χ3n) is 8.77. The van der Waals surface area contributed by atoms with Crippen molar-refractivity contribution in [3.05, 3.63) is 114 Å². The highest BCUT2D eigenvalue weighted by atomic mass is 15.2. The molecule has 0 saturated carbocycles. The van der Waals surface area contributed by atoms with E-state index < -0.39 is 0 Å². The number of hydrogen-bond acceptors (Lipinski definition) is 1. The van der Waals surface area contributed by atoms with Gasteiger partial charge in [-0.1, -0.05) is 108 Å². The van der Waals surface area contributed by atoms with Crippen LogP contribution in [0.1, 0.15) is 90.3 Å². The Morgan fingerprint density at radius 2 is 1.30 bits per heavy atom. The molecule has 0 radical (unpaired) electrons. The molecule has 0 unspecified atom stereocenters. The first kappa shape index (κ1) is 28.5. The molecule has 1 nitrogen and oxygen atoms in total. The normalized spacial score (nSPS) is 12.4. The van der Waals surface area contributed by atoms with Crippen LogP contribution in [0.5, 0.6) is 0 Å². The molecule has 196 valence electrons. The fourth-order valence-electron chi connectivity index (χ4n) is 5.16. The highest BCUT2D eigenvalue weighted by Crippen LogP contribution is 2.37. The van der Waals surface area contributed by atoms with Gasteiger partial charge in [0.15, 0.2) is 0 Å². The second kappa shape index (κ2) is 13.0. The lowest BCUT2D eigenvalue weighted by Gasteiger charge is -2.42. The zero-order valence-electron chi connectivity index (χ0n) is 24.1. The molecule has 0 N–H and O–H groups in total. The van der Waals surface area contributed by atoms with Crippen molar-refractivity contribution < 1.29 is 0 Å². The highest BCUT2D eigenvalue weighted by Gasteiger charge is 2.29. The van der Waals surface area contributed by atoms with Gasteiger partial charge in [-0.05, 0) is 97.4 Å². The quantitative estimate of drug-likeness (QED) is 0.214. The lowest BCUT2D eigenvalue weighted by molar-refractivity contribution is 0.428. The van der Waals surface area contributed by atoms with Gasteiger partial charge in [-0.15, -0.1) is 0 Å². The van der Waals surface area contributed by atoms with Crippen molar-refractivity contribution in [2.24, 2.45) is 0 Å². The summed E-state index contributed by atoms with van der Waals surface area (Å²) in [5.41, 5.74) is 8.10. The first-order chi connectivity index (χ1) is 17.8. The van der Waals surface area contributed by atoms with E-state index in [2.05, 4.69) is 138 Å². The SMILES string of the molecule is C=C/C(=C\CCc1ccc(N(c2ccccc2)C(C)(CC)CC)cc1)c1ccc(C(C)(CC)CC)cc1. The monoisotopic (exact) mass is 493 g/mol. The summed E-state index contributed by atoms with van der Waals surface area (Å²) in [6, 6.07) is 29.1. The Morgan fingerprint density at radius 1 is 0.730 bits per heavy atom. The summed E-state index contributed by atoms with van der Waals surface area (Å²) in [7, 11) is 0. The van der Waals surface area contributed by atoms with Gasteiger partial charge in [0.25, 0.3) is 0 Å². The van der Waals surface area contributed by atoms with Gasteiger partial charge in [0, 0.05) is 16.9 Å². The van der Waals surface area contributed by atoms with E-state index >= 15 is 0 Å². The van der Waals surface area contributed by atoms with E-state index in [1.165, 1.54) is 33.6 Å². The van der Waals surface area contributed by atoms with Crippen molar-refractivity contribution in [3.63, 3.8) is 0 Å². The van der Waals surface area contributed by atoms with Crippen LogP contribution in [0.15, 0.2) is 97.6 Å². The number of allylic oxidation sites excluding steroid dienone is 3. The topological polar surface area (TPSA) is 3.24 Å². The number of anilines is 2. The van der Waals surface area contributed by atoms with E-state index in [9.17, 15) is 0 Å². The molecule has 37 heavy (non-hydrogen) atoms. The Morgan fingerprint density at radius 3 is 1.81 bits per heavy atom. The maximum Gasteiger partial charge on any atom is 0.0418 e. The predicted octanol–water partition coefficient (Wildman–Crippen LogP) is 10.7. The molecule has 0 aliphatic rings. The van der Waals surface area contributed by atoms with Crippen molar-refractivity contribution in [3.8, 4) is 0 Å². The predicted molar refractivity (Wildman–Crippen MR) is 165 cm³/mol. The summed E-state index contributed by atoms with van der Waals surface area (Å²) in [5, 5.41) is 0. The van der Waals surface area contributed by atoms with Crippen LogP contribution in [0.2, 0.25) is 0 Å². The molecule has 0 aliphatic heterocycles. The van der Waals surface area contributed by atoms with Gasteiger partial charge >= 0.3 is 0 Å². The lowest BCUT2D eigenvalue weighted by atomic mass is 9.77. The van der Waals surface area contributed by atoms with Crippen molar-refractivity contribution in [2.45, 2.75) is 91.0 Å². The average Bonchev–Trinajstić information content (AvgIpc) is 2.96. The minimum absolute atomic E-state index is 0.0751. The third-order valence-corrected chi connectivity index (χ3v) is 8.77. The van der Waals surface area contributed by atoms with Gasteiger partial charge in [-0.2, -0.15) is 0 Å². The van der Waals surface area contributed by atoms with Crippen LogP contribution in [0, 0.1) is 0 Å². The van der Waals surface area contributed by atoms with Gasteiger partial charge in [0.2, 0.25) is 0 Å². The Balaban J connectivity index is 1.74. The Labute approximate surface area is 226 Å². The van der Waals surface area contributed by atoms with Gasteiger partial charge in [-0.25, -0.2) is 0 Å². The van der Waals surface area contributed by atoms with Crippen LogP contribution in [0.3, 0.4) is 0 Å². The lowest BCUT2D eigenvalue weighted by Crippen LogP contribution is -2.42. The van der Waals surface area contributed by atoms with Crippen LogP contribution in [-0.2, 0) is 11.8 Å². The minimum atomic E-state index is 0.0751. The summed E-state index contributed by atoms with van der Waals surface area (Å²) in [6.07, 6.45) is 10.8. The molecule has 0 atom stereocenters. The van der Waals surface area contributed by atoms with E-state index in [1.807, 2.05) is 6.08 Å². The smallest absolute Gasteiger partial charge is 0.0418 e. The zero-order valence-corrected chi connectivity index (χ0v) is 24.1. The highest BCUT2D eigenvalue weighted by molar-refractivity contribution is 5.73. The summed E-state index contributed by atoms with van der Waals surface area (Å²) in [6.45, 7) is 18.0. The number of benzene rings is 3. The molecule has 0 heterocycles. The van der Waals surface area contributed by atoms with Crippen molar-refractivity contribution in [2.75, 3.05) is 4.90 Å². The molecular weight excluding hydrogens is 446 g/mol. The summed E-state index contributed by atoms with van der Waals surface area (Å²) in [5.74, 6) is 0. The molecule has 0 aliphatic carbocycles. The van der Waals surface area contributed by atoms with Gasteiger partial charge < -0.3 is 4.90 Å². The van der Waals surface area contributed by atoms with E-state index in [0.717, 1.165) is 38.5 Å². The Hall–Kier alpha value is -3.06. The van der Waals surface area contributed by atoms with Crippen LogP contribution in [0.25, 0.3) is 5.57 Å². The molecule has 0 aromatic heterocycles. The standard InChI is InChI=1S/C36H47N/c1-8-30(31-23-25-32(26-24-31)35(6,9-2)10-3)18-16-17-29-21-27-34(28-22-29)37(36(7,11-4)12-5)33-19-14-13-15-20-33/h8,13-15,18-28H,1,9-12,16-17H2,2-7H3/b30-18+. The maximum atomic E-state index is 4.09. The second-order valence-corrected chi connectivity index (χ2v) is 10.8. The molecule has 0 amide bonds. The Kier molecular flexibility index (Phi) is 9.98. The molecule has 3 aromatic carbocycles. The van der Waals surface area contributed by atoms with Crippen LogP contribution >= 0.6 is 0 Å². The van der Waals surface area contributed by atoms with Crippen molar-refractivity contribution in [1.29, 1.82) is 0 Å². The van der Waals surface area contributed by atoms with Gasteiger partial charge in [-0.3, -0.25) is 0 Å². The number of para-hydroxylation sites is 1. The van der Waals surface area contributed by atoms with Crippen molar-refractivity contribution >= 4 is 16.9 Å². The van der Waals surface area contributed by atoms with Gasteiger partial charge in [0.05, 0.1) is 0 Å². The second-order valence-electron chi connectivity index (χ2n) is 10.8. The van der Waals surface area contributed by atoms with Crippen LogP contribution < -0.4 is 4.90 Å². The van der Waals surface area contributed by atoms with Gasteiger partial charge in [0.1, 0.15) is 0 Å². The molecule has 0 spiro atoms. The first-order valence-corrected chi connectivity index (χ1v) is 14.2. The van der Waals surface area contributed by atoms with E-state index in [-0.39, 0.29) is 11.0 Å². The minimum Gasteiger partial charge on any atom is -0.336 e. The fraction of sp³-hybridized carbons (Fsp3) is 0.389. The number of hydrogen-bond donors (Lipinski definition) is 0. The molecule has 0 fully saturated rings. The summed E-state index contributed by atoms with van der Waals surface area (Å²) >= 11 is 0. The first-order valence-electron chi connectivity index (χ1n) is 14.2. The van der Waals surface area contributed by atoms with E-state index in [1.54, 1.807) is 0 Å². The average molecular weight is 494 g/mol. The zero-order chi connectivity index (χ0) is 26.9. The maximum absolute atomic E-state index is 4.09. The molecule has 0 saturated heterocycles. The molecule has 0 bridgehead atoms. The summed E-state index contributed by atoms with van der Waals surface area (Å²) < 4.78 is 0. The van der Waals surface area contributed by atoms with E-state index in [0.29, 0.717) is 0 Å². The summed E-state index contributed by atoms with van der Waals surface area (Å²) in [4.78, 5) is 2.51. The number of rotatable bonds is 13. The molecule has 3 rings (SSSR count). The van der Waals surface area contributed by atoms with Crippen LogP contribution in [-0.4, -0.2) is 5.54 Å². The molecule has 1 heteroatoms.